The molecule has 1 N–H and O–H groups in total. The van der Waals surface area contributed by atoms with E-state index >= 15 is 0 Å². The van der Waals surface area contributed by atoms with Crippen molar-refractivity contribution < 1.29 is 4.92 Å². The van der Waals surface area contributed by atoms with E-state index in [1.165, 1.54) is 17.7 Å². The predicted octanol–water partition coefficient (Wildman–Crippen LogP) is 6.25. The van der Waals surface area contributed by atoms with Crippen LogP contribution in [0.15, 0.2) is 85.2 Å². The van der Waals surface area contributed by atoms with Crippen LogP contribution in [-0.4, -0.2) is 19.9 Å². The number of nitrogens with one attached hydrogen (secondary N) is 1. The van der Waals surface area contributed by atoms with Crippen molar-refractivity contribution in [3.05, 3.63) is 112 Å². The van der Waals surface area contributed by atoms with Gasteiger partial charge in [-0.1, -0.05) is 78.1 Å². The van der Waals surface area contributed by atoms with E-state index in [0.717, 1.165) is 26.9 Å². The number of aryl methyl sites for hydroxylation is 1. The molecule has 0 unspecified atom stereocenters. The Morgan fingerprint density at radius 1 is 0.943 bits per heavy atom. The molecule has 0 saturated heterocycles. The van der Waals surface area contributed by atoms with E-state index in [1.807, 2.05) is 90.7 Å². The highest BCUT2D eigenvalue weighted by atomic mass is 32.1. The summed E-state index contributed by atoms with van der Waals surface area (Å²) in [7, 11) is 0. The number of fused-ring (bicyclic) bond motifs is 1. The van der Waals surface area contributed by atoms with Gasteiger partial charge in [-0.05, 0) is 35.7 Å². The van der Waals surface area contributed by atoms with E-state index in [-0.39, 0.29) is 17.3 Å². The second kappa shape index (κ2) is 9.86. The maximum Gasteiger partial charge on any atom is 0.353 e. The van der Waals surface area contributed by atoms with Crippen LogP contribution in [0.1, 0.15) is 16.7 Å². The van der Waals surface area contributed by atoms with Gasteiger partial charge in [-0.3, -0.25) is 10.1 Å². The lowest BCUT2D eigenvalue weighted by molar-refractivity contribution is -0.383. The molecule has 5 aromatic rings. The number of anilines is 3. The molecular weight excluding hydrogens is 460 g/mol. The molecule has 35 heavy (non-hydrogen) atoms. The van der Waals surface area contributed by atoms with Crippen LogP contribution in [0, 0.1) is 17.0 Å². The van der Waals surface area contributed by atoms with Crippen LogP contribution in [0.3, 0.4) is 0 Å². The van der Waals surface area contributed by atoms with Gasteiger partial charge in [0.05, 0.1) is 15.1 Å². The molecule has 3 aromatic carbocycles. The van der Waals surface area contributed by atoms with Crippen molar-refractivity contribution in [2.75, 3.05) is 10.2 Å². The van der Waals surface area contributed by atoms with Crippen LogP contribution < -0.4 is 10.2 Å². The molecule has 0 aliphatic carbocycles. The SMILES string of the molecule is Cc1ccc2nc(Nc3ncnc(N(Cc4ccccc4)Cc4ccccc4)c3[N+](=O)[O-])sc2c1. The highest BCUT2D eigenvalue weighted by Crippen LogP contribution is 2.37. The number of benzene rings is 3. The summed E-state index contributed by atoms with van der Waals surface area (Å²) >= 11 is 1.43. The summed E-state index contributed by atoms with van der Waals surface area (Å²) in [4.78, 5) is 26.9. The molecule has 0 spiro atoms. The van der Waals surface area contributed by atoms with Gasteiger partial charge in [0.1, 0.15) is 6.33 Å². The van der Waals surface area contributed by atoms with Crippen LogP contribution >= 0.6 is 11.3 Å². The maximum atomic E-state index is 12.3. The monoisotopic (exact) mass is 482 g/mol. The first-order chi connectivity index (χ1) is 17.1. The average Bonchev–Trinajstić information content (AvgIpc) is 3.26. The first kappa shape index (κ1) is 22.4. The molecular formula is C26H22N6O2S. The molecule has 0 radical (unpaired) electrons. The molecule has 0 amide bonds. The first-order valence-corrected chi connectivity index (χ1v) is 11.8. The largest absolute Gasteiger partial charge is 0.353 e. The summed E-state index contributed by atoms with van der Waals surface area (Å²) in [6, 6.07) is 25.6. The van der Waals surface area contributed by atoms with Gasteiger partial charge in [-0.2, -0.15) is 0 Å². The Bertz CT molecular complexity index is 1430. The molecule has 2 heterocycles. The van der Waals surface area contributed by atoms with Crippen LogP contribution in [-0.2, 0) is 13.1 Å². The molecule has 0 aliphatic rings. The van der Waals surface area contributed by atoms with Crippen molar-refractivity contribution in [3.8, 4) is 0 Å². The van der Waals surface area contributed by atoms with Gasteiger partial charge in [0.15, 0.2) is 5.13 Å². The number of nitrogens with zero attached hydrogens (tertiary/aromatic N) is 5. The predicted molar refractivity (Wildman–Crippen MR) is 139 cm³/mol. The number of hydrogen-bond acceptors (Lipinski definition) is 8. The fourth-order valence-electron chi connectivity index (χ4n) is 3.86. The third-order valence-electron chi connectivity index (χ3n) is 5.49. The van der Waals surface area contributed by atoms with E-state index in [9.17, 15) is 10.1 Å². The Labute approximate surface area is 206 Å². The third-order valence-corrected chi connectivity index (χ3v) is 6.42. The zero-order valence-corrected chi connectivity index (χ0v) is 19.8. The number of thiazole rings is 1. The summed E-state index contributed by atoms with van der Waals surface area (Å²) in [5.41, 5.74) is 3.81. The lowest BCUT2D eigenvalue weighted by Gasteiger charge is -2.24. The van der Waals surface area contributed by atoms with Crippen molar-refractivity contribution in [2.24, 2.45) is 0 Å². The van der Waals surface area contributed by atoms with Gasteiger partial charge < -0.3 is 10.2 Å². The van der Waals surface area contributed by atoms with Crippen molar-refractivity contribution in [2.45, 2.75) is 20.0 Å². The van der Waals surface area contributed by atoms with E-state index in [2.05, 4.69) is 20.3 Å². The summed E-state index contributed by atoms with van der Waals surface area (Å²) in [6.45, 7) is 2.92. The van der Waals surface area contributed by atoms with Gasteiger partial charge in [0.2, 0.25) is 11.6 Å². The van der Waals surface area contributed by atoms with Crippen molar-refractivity contribution in [3.63, 3.8) is 0 Å². The van der Waals surface area contributed by atoms with Gasteiger partial charge in [-0.15, -0.1) is 0 Å². The average molecular weight is 483 g/mol. The van der Waals surface area contributed by atoms with Gasteiger partial charge in [0, 0.05) is 13.1 Å². The first-order valence-electron chi connectivity index (χ1n) is 11.0. The van der Waals surface area contributed by atoms with E-state index in [4.69, 9.17) is 0 Å². The molecule has 2 aromatic heterocycles. The fraction of sp³-hybridized carbons (Fsp3) is 0.115. The molecule has 0 atom stereocenters. The lowest BCUT2D eigenvalue weighted by atomic mass is 10.1. The van der Waals surface area contributed by atoms with E-state index in [0.29, 0.717) is 18.2 Å². The van der Waals surface area contributed by atoms with Crippen molar-refractivity contribution >= 4 is 44.0 Å². The standard InChI is InChI=1S/C26H22N6O2S/c1-18-12-13-21-22(14-18)35-26(29-21)30-24-23(32(33)34)25(28-17-27-24)31(15-19-8-4-2-5-9-19)16-20-10-6-3-7-11-20/h2-14,17H,15-16H2,1H3,(H,27,28,29,30). The molecule has 174 valence electrons. The van der Waals surface area contributed by atoms with Crippen LogP contribution in [0.4, 0.5) is 22.5 Å². The minimum absolute atomic E-state index is 0.113. The quantitative estimate of drug-likeness (QED) is 0.206. The minimum Gasteiger partial charge on any atom is -0.342 e. The summed E-state index contributed by atoms with van der Waals surface area (Å²) in [5.74, 6) is 0.360. The second-order valence-corrected chi connectivity index (χ2v) is 9.12. The zero-order chi connectivity index (χ0) is 24.2. The van der Waals surface area contributed by atoms with Crippen molar-refractivity contribution in [1.82, 2.24) is 15.0 Å². The van der Waals surface area contributed by atoms with Gasteiger partial charge in [0.25, 0.3) is 0 Å². The van der Waals surface area contributed by atoms with E-state index in [1.54, 1.807) is 0 Å². The van der Waals surface area contributed by atoms with E-state index < -0.39 is 4.92 Å². The smallest absolute Gasteiger partial charge is 0.342 e. The molecule has 8 nitrogen and oxygen atoms in total. The third kappa shape index (κ3) is 5.10. The Hall–Kier alpha value is -4.37. The van der Waals surface area contributed by atoms with Crippen LogP contribution in [0.5, 0.6) is 0 Å². The number of nitro groups is 1. The van der Waals surface area contributed by atoms with Gasteiger partial charge in [-0.25, -0.2) is 15.0 Å². The Kier molecular flexibility index (Phi) is 6.32. The molecule has 0 aliphatic heterocycles. The zero-order valence-electron chi connectivity index (χ0n) is 19.0. The summed E-state index contributed by atoms with van der Waals surface area (Å²) < 4.78 is 0.999. The highest BCUT2D eigenvalue weighted by molar-refractivity contribution is 7.22. The van der Waals surface area contributed by atoms with Crippen LogP contribution in [0.2, 0.25) is 0 Å². The highest BCUT2D eigenvalue weighted by Gasteiger charge is 2.28. The Morgan fingerprint density at radius 2 is 1.60 bits per heavy atom. The second-order valence-electron chi connectivity index (χ2n) is 8.09. The van der Waals surface area contributed by atoms with Crippen LogP contribution in [0.25, 0.3) is 10.2 Å². The molecule has 0 fully saturated rings. The van der Waals surface area contributed by atoms with Crippen molar-refractivity contribution in [1.29, 1.82) is 0 Å². The summed E-state index contributed by atoms with van der Waals surface area (Å²) in [6.07, 6.45) is 1.35. The summed E-state index contributed by atoms with van der Waals surface area (Å²) in [5, 5.41) is 15.9. The lowest BCUT2D eigenvalue weighted by Crippen LogP contribution is -2.24. The normalized spacial score (nSPS) is 10.9. The molecule has 9 heteroatoms. The number of hydrogen-bond donors (Lipinski definition) is 1. The maximum absolute atomic E-state index is 12.3. The topological polar surface area (TPSA) is 97.1 Å². The fourth-order valence-corrected chi connectivity index (χ4v) is 4.82. The molecule has 5 rings (SSSR count). The molecule has 0 bridgehead atoms. The van der Waals surface area contributed by atoms with Gasteiger partial charge >= 0.3 is 5.69 Å². The molecule has 0 saturated carbocycles. The minimum atomic E-state index is -0.432. The number of rotatable bonds is 8. The Balaban J connectivity index is 1.55. The Morgan fingerprint density at radius 3 is 2.23 bits per heavy atom. The number of aromatic nitrogens is 3.